The third-order valence-electron chi connectivity index (χ3n) is 1.94. The molecule has 2 rings (SSSR count). The Bertz CT molecular complexity index is 528. The molecule has 0 aliphatic heterocycles. The molecule has 1 aromatic heterocycles. The van der Waals surface area contributed by atoms with E-state index in [1.807, 2.05) is 12.1 Å². The van der Waals surface area contributed by atoms with Crippen molar-refractivity contribution in [3.63, 3.8) is 0 Å². The Morgan fingerprint density at radius 1 is 1.40 bits per heavy atom. The van der Waals surface area contributed by atoms with E-state index in [1.54, 1.807) is 6.07 Å². The zero-order valence-electron chi connectivity index (χ0n) is 7.90. The van der Waals surface area contributed by atoms with Gasteiger partial charge in [0.15, 0.2) is 12.1 Å². The van der Waals surface area contributed by atoms with Gasteiger partial charge >= 0.3 is 0 Å². The third kappa shape index (κ3) is 1.83. The molecule has 76 valence electrons. The summed E-state index contributed by atoms with van der Waals surface area (Å²) in [7, 11) is 1.51. The average molecular weight is 267 g/mol. The number of aromatic nitrogens is 2. The van der Waals surface area contributed by atoms with Gasteiger partial charge in [0.2, 0.25) is 5.88 Å². The number of hydrogen-bond donors (Lipinski definition) is 0. The van der Waals surface area contributed by atoms with Crippen LogP contribution in [0.1, 0.15) is 10.6 Å². The van der Waals surface area contributed by atoms with Crippen LogP contribution in [0.3, 0.4) is 0 Å². The largest absolute Gasteiger partial charge is 0.480 e. The number of carbonyl (C=O) groups is 1. The van der Waals surface area contributed by atoms with Crippen LogP contribution in [0.15, 0.2) is 22.7 Å². The first-order chi connectivity index (χ1) is 7.24. The van der Waals surface area contributed by atoms with E-state index in [4.69, 9.17) is 4.74 Å². The van der Waals surface area contributed by atoms with E-state index in [9.17, 15) is 4.79 Å². The van der Waals surface area contributed by atoms with Gasteiger partial charge in [-0.1, -0.05) is 15.9 Å². The van der Waals surface area contributed by atoms with Gasteiger partial charge in [0.1, 0.15) is 0 Å². The van der Waals surface area contributed by atoms with Crippen LogP contribution in [0.2, 0.25) is 0 Å². The van der Waals surface area contributed by atoms with Crippen molar-refractivity contribution in [3.05, 3.63) is 28.5 Å². The van der Waals surface area contributed by atoms with E-state index < -0.39 is 0 Å². The summed E-state index contributed by atoms with van der Waals surface area (Å²) in [5.74, 6) is 0.532. The Hall–Kier alpha value is -1.49. The smallest absolute Gasteiger partial charge is 0.224 e. The van der Waals surface area contributed by atoms with Gasteiger partial charge in [0.25, 0.3) is 0 Å². The van der Waals surface area contributed by atoms with E-state index in [0.717, 1.165) is 9.86 Å². The van der Waals surface area contributed by atoms with E-state index in [-0.39, 0.29) is 5.82 Å². The maximum atomic E-state index is 10.6. The molecule has 0 saturated heterocycles. The van der Waals surface area contributed by atoms with Crippen LogP contribution in [-0.2, 0) is 0 Å². The fraction of sp³-hybridized carbons (Fsp3) is 0.100. The van der Waals surface area contributed by atoms with Crippen LogP contribution in [0.5, 0.6) is 5.88 Å². The fourth-order valence-electron chi connectivity index (χ4n) is 1.30. The number of carbonyl (C=O) groups excluding carboxylic acids is 1. The molecule has 0 radical (unpaired) electrons. The van der Waals surface area contributed by atoms with Crippen LogP contribution in [-0.4, -0.2) is 23.4 Å². The quantitative estimate of drug-likeness (QED) is 0.783. The number of benzene rings is 1. The highest BCUT2D eigenvalue weighted by Crippen LogP contribution is 2.25. The monoisotopic (exact) mass is 266 g/mol. The summed E-state index contributed by atoms with van der Waals surface area (Å²) in [5, 5.41) is 0.775. The van der Waals surface area contributed by atoms with Gasteiger partial charge in [-0.25, -0.2) is 4.98 Å². The molecule has 0 N–H and O–H groups in total. The molecule has 4 nitrogen and oxygen atoms in total. The molecule has 2 aromatic rings. The molecule has 0 amide bonds. The van der Waals surface area contributed by atoms with Gasteiger partial charge in [-0.05, 0) is 18.2 Å². The summed E-state index contributed by atoms with van der Waals surface area (Å²) < 4.78 is 6.01. The van der Waals surface area contributed by atoms with Crippen molar-refractivity contribution < 1.29 is 9.53 Å². The van der Waals surface area contributed by atoms with Crippen molar-refractivity contribution in [1.82, 2.24) is 9.97 Å². The number of halogens is 1. The second-order valence-corrected chi connectivity index (χ2v) is 3.79. The molecule has 0 atom stereocenters. The lowest BCUT2D eigenvalue weighted by atomic mass is 10.2. The van der Waals surface area contributed by atoms with Gasteiger partial charge in [0.05, 0.1) is 18.0 Å². The standard InChI is InChI=1S/C10H7BrN2O2/c1-15-10-7-4-6(11)2-3-8(7)12-9(5-14)13-10/h2-5H,1H3. The minimum Gasteiger partial charge on any atom is -0.480 e. The van der Waals surface area contributed by atoms with Crippen molar-refractivity contribution in [2.75, 3.05) is 7.11 Å². The first-order valence-corrected chi connectivity index (χ1v) is 5.00. The van der Waals surface area contributed by atoms with E-state index in [0.29, 0.717) is 17.7 Å². The Labute approximate surface area is 94.4 Å². The molecule has 1 aromatic carbocycles. The molecule has 0 spiro atoms. The number of nitrogens with zero attached hydrogens (tertiary/aromatic N) is 2. The Balaban J connectivity index is 2.80. The molecule has 15 heavy (non-hydrogen) atoms. The highest BCUT2D eigenvalue weighted by atomic mass is 79.9. The van der Waals surface area contributed by atoms with Crippen molar-refractivity contribution in [2.45, 2.75) is 0 Å². The predicted octanol–water partition coefficient (Wildman–Crippen LogP) is 2.21. The van der Waals surface area contributed by atoms with Crippen LogP contribution in [0.4, 0.5) is 0 Å². The van der Waals surface area contributed by atoms with Crippen molar-refractivity contribution in [1.29, 1.82) is 0 Å². The summed E-state index contributed by atoms with van der Waals surface area (Å²) in [6, 6.07) is 5.50. The second-order valence-electron chi connectivity index (χ2n) is 2.87. The minimum absolute atomic E-state index is 0.127. The van der Waals surface area contributed by atoms with Crippen molar-refractivity contribution in [3.8, 4) is 5.88 Å². The molecule has 1 heterocycles. The maximum absolute atomic E-state index is 10.6. The molecule has 0 bridgehead atoms. The number of fused-ring (bicyclic) bond motifs is 1. The van der Waals surface area contributed by atoms with Gasteiger partial charge in [-0.2, -0.15) is 4.98 Å². The van der Waals surface area contributed by atoms with Crippen molar-refractivity contribution in [2.24, 2.45) is 0 Å². The number of rotatable bonds is 2. The lowest BCUT2D eigenvalue weighted by molar-refractivity contribution is 0.111. The minimum atomic E-state index is 0.127. The zero-order valence-corrected chi connectivity index (χ0v) is 9.48. The van der Waals surface area contributed by atoms with Gasteiger partial charge in [-0.15, -0.1) is 0 Å². The van der Waals surface area contributed by atoms with E-state index >= 15 is 0 Å². The summed E-state index contributed by atoms with van der Waals surface area (Å²) in [6.07, 6.45) is 0.601. The second kappa shape index (κ2) is 3.94. The Kier molecular flexibility index (Phi) is 2.64. The fourth-order valence-corrected chi connectivity index (χ4v) is 1.66. The first kappa shape index (κ1) is 10.0. The lowest BCUT2D eigenvalue weighted by Crippen LogP contribution is -1.97. The van der Waals surface area contributed by atoms with Crippen LogP contribution in [0.25, 0.3) is 10.9 Å². The number of methoxy groups -OCH3 is 1. The summed E-state index contributed by atoms with van der Waals surface area (Å²) in [4.78, 5) is 18.6. The lowest BCUT2D eigenvalue weighted by Gasteiger charge is -2.04. The maximum Gasteiger partial charge on any atom is 0.224 e. The molecular weight excluding hydrogens is 260 g/mol. The van der Waals surface area contributed by atoms with E-state index in [2.05, 4.69) is 25.9 Å². The molecule has 0 unspecified atom stereocenters. The molecule has 0 saturated carbocycles. The number of aldehydes is 1. The molecule has 0 fully saturated rings. The number of hydrogen-bond acceptors (Lipinski definition) is 4. The van der Waals surface area contributed by atoms with Crippen molar-refractivity contribution >= 4 is 33.1 Å². The van der Waals surface area contributed by atoms with Gasteiger partial charge in [0, 0.05) is 4.47 Å². The highest BCUT2D eigenvalue weighted by Gasteiger charge is 2.07. The van der Waals surface area contributed by atoms with Gasteiger partial charge < -0.3 is 4.74 Å². The normalized spacial score (nSPS) is 10.3. The molecular formula is C10H7BrN2O2. The average Bonchev–Trinajstić information content (AvgIpc) is 2.27. The SMILES string of the molecule is COc1nc(C=O)nc2ccc(Br)cc12. The molecule has 0 aliphatic rings. The molecule has 0 aliphatic carbocycles. The van der Waals surface area contributed by atoms with Crippen LogP contribution >= 0.6 is 15.9 Å². The molecule has 5 heteroatoms. The summed E-state index contributed by atoms with van der Waals surface area (Å²) >= 11 is 3.35. The summed E-state index contributed by atoms with van der Waals surface area (Å²) in [5.41, 5.74) is 0.687. The highest BCUT2D eigenvalue weighted by molar-refractivity contribution is 9.10. The first-order valence-electron chi connectivity index (χ1n) is 4.21. The van der Waals surface area contributed by atoms with Gasteiger partial charge in [-0.3, -0.25) is 4.79 Å². The Morgan fingerprint density at radius 3 is 2.87 bits per heavy atom. The predicted molar refractivity (Wildman–Crippen MR) is 59.2 cm³/mol. The topological polar surface area (TPSA) is 52.1 Å². The zero-order chi connectivity index (χ0) is 10.8. The Morgan fingerprint density at radius 2 is 2.20 bits per heavy atom. The van der Waals surface area contributed by atoms with Crippen LogP contribution < -0.4 is 4.74 Å². The van der Waals surface area contributed by atoms with Crippen LogP contribution in [0, 0.1) is 0 Å². The number of ether oxygens (including phenoxy) is 1. The third-order valence-corrected chi connectivity index (χ3v) is 2.43. The van der Waals surface area contributed by atoms with E-state index in [1.165, 1.54) is 7.11 Å². The summed E-state index contributed by atoms with van der Waals surface area (Å²) in [6.45, 7) is 0.